The van der Waals surface area contributed by atoms with Gasteiger partial charge in [-0.2, -0.15) is 0 Å². The van der Waals surface area contributed by atoms with E-state index in [1.807, 2.05) is 24.1 Å². The molecule has 0 atom stereocenters. The number of anilines is 2. The van der Waals surface area contributed by atoms with E-state index in [1.165, 1.54) is 6.08 Å². The number of nitrogens with zero attached hydrogens (tertiary/aromatic N) is 1. The first-order valence-corrected chi connectivity index (χ1v) is 8.05. The lowest BCUT2D eigenvalue weighted by Gasteiger charge is -2.18. The van der Waals surface area contributed by atoms with Crippen molar-refractivity contribution in [1.29, 1.82) is 0 Å². The van der Waals surface area contributed by atoms with Crippen LogP contribution < -0.4 is 10.6 Å². The molecule has 0 aliphatic carbocycles. The third-order valence-corrected chi connectivity index (χ3v) is 4.17. The number of nitrogen functional groups attached to an aromatic ring is 1. The van der Waals surface area contributed by atoms with E-state index in [9.17, 15) is 13.6 Å². The van der Waals surface area contributed by atoms with E-state index < -0.39 is 5.92 Å². The lowest BCUT2D eigenvalue weighted by atomic mass is 9.97. The van der Waals surface area contributed by atoms with E-state index in [2.05, 4.69) is 0 Å². The normalized spacial score (nSPS) is 17.1. The fourth-order valence-electron chi connectivity index (χ4n) is 2.78. The maximum atomic E-state index is 13.9. The lowest BCUT2D eigenvalue weighted by Crippen LogP contribution is -2.23. The van der Waals surface area contributed by atoms with Crippen LogP contribution >= 0.6 is 0 Å². The van der Waals surface area contributed by atoms with Gasteiger partial charge >= 0.3 is 0 Å². The number of fused-ring (bicyclic) bond motifs is 1. The summed E-state index contributed by atoms with van der Waals surface area (Å²) in [6.07, 6.45) is 2.14. The van der Waals surface area contributed by atoms with Gasteiger partial charge in [-0.15, -0.1) is 0 Å². The molecule has 0 radical (unpaired) electrons. The predicted molar refractivity (Wildman–Crippen MR) is 99.2 cm³/mol. The Hall–Kier alpha value is -2.69. The van der Waals surface area contributed by atoms with Gasteiger partial charge in [0.25, 0.3) is 5.92 Å². The minimum absolute atomic E-state index is 0.127. The summed E-state index contributed by atoms with van der Waals surface area (Å²) in [5.74, 6) is -2.73. The van der Waals surface area contributed by atoms with Gasteiger partial charge < -0.3 is 10.6 Å². The van der Waals surface area contributed by atoms with Crippen LogP contribution in [-0.4, -0.2) is 25.8 Å². The zero-order valence-corrected chi connectivity index (χ0v) is 14.4. The molecule has 0 fully saturated rings. The van der Waals surface area contributed by atoms with Crippen LogP contribution in [0.2, 0.25) is 0 Å². The number of hydrogen-bond acceptors (Lipinski definition) is 3. The van der Waals surface area contributed by atoms with Crippen molar-refractivity contribution in [3.8, 4) is 0 Å². The topological polar surface area (TPSA) is 46.3 Å². The Bertz CT molecular complexity index is 772. The van der Waals surface area contributed by atoms with Crippen molar-refractivity contribution in [1.82, 2.24) is 0 Å². The molecule has 3 rings (SSSR count). The molecule has 0 saturated carbocycles. The van der Waals surface area contributed by atoms with Gasteiger partial charge in [-0.25, -0.2) is 8.78 Å². The highest BCUT2D eigenvalue weighted by Gasteiger charge is 2.38. The van der Waals surface area contributed by atoms with Crippen molar-refractivity contribution < 1.29 is 13.6 Å². The van der Waals surface area contributed by atoms with Gasteiger partial charge in [0.2, 0.25) is 0 Å². The van der Waals surface area contributed by atoms with E-state index in [4.69, 9.17) is 5.73 Å². The Kier molecular flexibility index (Phi) is 5.91. The SMILES string of the molecule is C/C=C1/c2ccccc2N(C)CCC1(F)F.Nc1ccccc1C=O. The maximum Gasteiger partial charge on any atom is 0.275 e. The van der Waals surface area contributed by atoms with Gasteiger partial charge in [-0.1, -0.05) is 36.4 Å². The highest BCUT2D eigenvalue weighted by atomic mass is 19.3. The molecular formula is C20H22F2N2O. The maximum absolute atomic E-state index is 13.9. The molecule has 0 spiro atoms. The van der Waals surface area contributed by atoms with Crippen molar-refractivity contribution in [3.05, 3.63) is 65.7 Å². The van der Waals surface area contributed by atoms with Gasteiger partial charge in [0, 0.05) is 48.1 Å². The second-order valence-corrected chi connectivity index (χ2v) is 5.84. The van der Waals surface area contributed by atoms with Crippen molar-refractivity contribution in [2.45, 2.75) is 19.3 Å². The summed E-state index contributed by atoms with van der Waals surface area (Å²) in [4.78, 5) is 12.0. The molecule has 1 heterocycles. The first-order chi connectivity index (χ1) is 11.9. The number of benzene rings is 2. The van der Waals surface area contributed by atoms with Crippen LogP contribution in [0.1, 0.15) is 29.3 Å². The van der Waals surface area contributed by atoms with Crippen LogP contribution in [0.15, 0.2) is 54.6 Å². The molecule has 0 unspecified atom stereocenters. The van der Waals surface area contributed by atoms with E-state index >= 15 is 0 Å². The second-order valence-electron chi connectivity index (χ2n) is 5.84. The Morgan fingerprint density at radius 3 is 2.36 bits per heavy atom. The number of para-hydroxylation sites is 2. The molecule has 0 bridgehead atoms. The number of carbonyl (C=O) groups is 1. The number of alkyl halides is 2. The zero-order chi connectivity index (χ0) is 18.4. The van der Waals surface area contributed by atoms with Crippen LogP contribution in [0, 0.1) is 0 Å². The quantitative estimate of drug-likeness (QED) is 0.605. The van der Waals surface area contributed by atoms with Crippen LogP contribution in [0.3, 0.4) is 0 Å². The predicted octanol–water partition coefficient (Wildman–Crippen LogP) is 4.65. The Labute approximate surface area is 146 Å². The van der Waals surface area contributed by atoms with E-state index in [0.717, 1.165) is 12.0 Å². The van der Waals surface area contributed by atoms with Gasteiger partial charge in [-0.3, -0.25) is 4.79 Å². The summed E-state index contributed by atoms with van der Waals surface area (Å²) in [5, 5.41) is 0. The van der Waals surface area contributed by atoms with Gasteiger partial charge in [0.15, 0.2) is 6.29 Å². The first kappa shape index (κ1) is 18.6. The number of aldehydes is 1. The summed E-state index contributed by atoms with van der Waals surface area (Å²) >= 11 is 0. The van der Waals surface area contributed by atoms with Gasteiger partial charge in [0.05, 0.1) is 0 Å². The van der Waals surface area contributed by atoms with Crippen molar-refractivity contribution in [2.75, 3.05) is 24.2 Å². The molecule has 0 aromatic heterocycles. The van der Waals surface area contributed by atoms with E-state index in [-0.39, 0.29) is 12.0 Å². The molecular weight excluding hydrogens is 322 g/mol. The summed E-state index contributed by atoms with van der Waals surface area (Å²) in [7, 11) is 1.85. The molecule has 132 valence electrons. The van der Waals surface area contributed by atoms with Crippen molar-refractivity contribution in [3.63, 3.8) is 0 Å². The van der Waals surface area contributed by atoms with E-state index in [0.29, 0.717) is 23.4 Å². The van der Waals surface area contributed by atoms with E-state index in [1.54, 1.807) is 43.3 Å². The summed E-state index contributed by atoms with van der Waals surface area (Å²) < 4.78 is 27.8. The van der Waals surface area contributed by atoms with Crippen LogP contribution in [0.25, 0.3) is 5.57 Å². The highest BCUT2D eigenvalue weighted by molar-refractivity contribution is 5.83. The number of nitrogens with two attached hydrogens (primary N) is 1. The summed E-state index contributed by atoms with van der Waals surface area (Å²) in [6.45, 7) is 2.05. The number of carbonyl (C=O) groups excluding carboxylic acids is 1. The minimum atomic E-state index is -2.73. The largest absolute Gasteiger partial charge is 0.398 e. The molecule has 1 aliphatic rings. The second kappa shape index (κ2) is 7.92. The zero-order valence-electron chi connectivity index (χ0n) is 14.4. The lowest BCUT2D eigenvalue weighted by molar-refractivity contribution is 0.0608. The minimum Gasteiger partial charge on any atom is -0.398 e. The molecule has 0 saturated heterocycles. The number of hydrogen-bond donors (Lipinski definition) is 1. The number of rotatable bonds is 1. The molecule has 25 heavy (non-hydrogen) atoms. The van der Waals surface area contributed by atoms with Crippen LogP contribution in [-0.2, 0) is 0 Å². The average molecular weight is 344 g/mol. The fraction of sp³-hybridized carbons (Fsp3) is 0.250. The third-order valence-electron chi connectivity index (χ3n) is 4.17. The fourth-order valence-corrected chi connectivity index (χ4v) is 2.78. The molecule has 3 nitrogen and oxygen atoms in total. The smallest absolute Gasteiger partial charge is 0.275 e. The number of halogens is 2. The van der Waals surface area contributed by atoms with Gasteiger partial charge in [0.1, 0.15) is 0 Å². The standard InChI is InChI=1S/C13H15F2N.C7H7NO/c1-3-11-10-6-4-5-7-12(10)16(2)9-8-13(11,14)15;8-7-4-2-1-3-6(7)5-9/h3-7H,8-9H2,1-2H3;1-5H,8H2/b11-3-;. The molecule has 0 amide bonds. The summed E-state index contributed by atoms with van der Waals surface area (Å²) in [6, 6.07) is 14.3. The van der Waals surface area contributed by atoms with Gasteiger partial charge in [-0.05, 0) is 25.1 Å². The monoisotopic (exact) mass is 344 g/mol. The van der Waals surface area contributed by atoms with Crippen LogP contribution in [0.4, 0.5) is 20.2 Å². The van der Waals surface area contributed by atoms with Crippen LogP contribution in [0.5, 0.6) is 0 Å². The van der Waals surface area contributed by atoms with Crippen molar-refractivity contribution >= 4 is 23.2 Å². The average Bonchev–Trinajstić information content (AvgIpc) is 2.70. The van der Waals surface area contributed by atoms with Crippen molar-refractivity contribution in [2.24, 2.45) is 0 Å². The Morgan fingerprint density at radius 2 is 1.76 bits per heavy atom. The highest BCUT2D eigenvalue weighted by Crippen LogP contribution is 2.42. The molecule has 5 heteroatoms. The Morgan fingerprint density at radius 1 is 1.12 bits per heavy atom. The molecule has 2 aromatic carbocycles. The number of allylic oxidation sites excluding steroid dienone is 2. The summed E-state index contributed by atoms with van der Waals surface area (Å²) in [5.41, 5.74) is 8.16. The molecule has 2 aromatic rings. The Balaban J connectivity index is 0.000000212. The third kappa shape index (κ3) is 4.24. The molecule has 2 N–H and O–H groups in total. The first-order valence-electron chi connectivity index (χ1n) is 8.05. The molecule has 1 aliphatic heterocycles.